The van der Waals surface area contributed by atoms with E-state index in [0.29, 0.717) is 5.16 Å². The Morgan fingerprint density at radius 1 is 0.962 bits per heavy atom. The Kier molecular flexibility index (Phi) is 3.60. The standard InChI is InChI=1S/C20H18N2O3S/c1-26(23)20-21-18(14-2-4-16-12(10-14)6-8-24-16)19(22-20)15-3-5-17-13(11-15)7-9-25-17/h2-5,10-11H,6-9H2,1H3,(H,21,22). The minimum atomic E-state index is -1.18. The molecule has 1 atom stereocenters. The summed E-state index contributed by atoms with van der Waals surface area (Å²) in [4.78, 5) is 7.92. The highest BCUT2D eigenvalue weighted by Crippen LogP contribution is 2.37. The predicted octanol–water partition coefficient (Wildman–Crippen LogP) is 3.35. The molecule has 3 aromatic rings. The number of aromatic amines is 1. The van der Waals surface area contributed by atoms with Gasteiger partial charge in [-0.1, -0.05) is 0 Å². The zero-order valence-corrected chi connectivity index (χ0v) is 15.2. The van der Waals surface area contributed by atoms with E-state index in [1.807, 2.05) is 24.3 Å². The highest BCUT2D eigenvalue weighted by atomic mass is 32.2. The third kappa shape index (κ3) is 2.52. The van der Waals surface area contributed by atoms with E-state index in [1.165, 1.54) is 11.1 Å². The molecule has 0 saturated carbocycles. The molecule has 5 rings (SSSR count). The van der Waals surface area contributed by atoms with Crippen LogP contribution in [-0.2, 0) is 23.6 Å². The number of hydrogen-bond donors (Lipinski definition) is 1. The van der Waals surface area contributed by atoms with Crippen molar-refractivity contribution >= 4 is 10.8 Å². The van der Waals surface area contributed by atoms with Crippen LogP contribution in [0.4, 0.5) is 0 Å². The number of imidazole rings is 1. The van der Waals surface area contributed by atoms with Gasteiger partial charge in [-0.15, -0.1) is 0 Å². The van der Waals surface area contributed by atoms with Crippen LogP contribution in [0.1, 0.15) is 11.1 Å². The fourth-order valence-corrected chi connectivity index (χ4v) is 4.05. The molecule has 2 aliphatic rings. The van der Waals surface area contributed by atoms with E-state index in [4.69, 9.17) is 9.47 Å². The summed E-state index contributed by atoms with van der Waals surface area (Å²) < 4.78 is 23.2. The lowest BCUT2D eigenvalue weighted by molar-refractivity contribution is 0.356. The maximum absolute atomic E-state index is 12.0. The molecule has 5 nitrogen and oxygen atoms in total. The molecule has 0 saturated heterocycles. The van der Waals surface area contributed by atoms with Gasteiger partial charge in [0.15, 0.2) is 5.16 Å². The quantitative estimate of drug-likeness (QED) is 0.772. The highest BCUT2D eigenvalue weighted by Gasteiger charge is 2.21. The lowest BCUT2D eigenvalue weighted by Gasteiger charge is -2.07. The second kappa shape index (κ2) is 5.99. The van der Waals surface area contributed by atoms with Crippen molar-refractivity contribution in [1.82, 2.24) is 9.97 Å². The molecule has 2 aromatic carbocycles. The number of hydrogen-bond acceptors (Lipinski definition) is 4. The van der Waals surface area contributed by atoms with E-state index >= 15 is 0 Å². The van der Waals surface area contributed by atoms with Gasteiger partial charge >= 0.3 is 0 Å². The monoisotopic (exact) mass is 366 g/mol. The van der Waals surface area contributed by atoms with Crippen LogP contribution in [0.5, 0.6) is 11.5 Å². The smallest absolute Gasteiger partial charge is 0.197 e. The van der Waals surface area contributed by atoms with Gasteiger partial charge in [-0.2, -0.15) is 0 Å². The molecule has 1 N–H and O–H groups in total. The van der Waals surface area contributed by atoms with E-state index in [1.54, 1.807) is 6.26 Å². The van der Waals surface area contributed by atoms with Gasteiger partial charge in [-0.25, -0.2) is 4.98 Å². The zero-order valence-electron chi connectivity index (χ0n) is 14.4. The van der Waals surface area contributed by atoms with Crippen LogP contribution in [0.3, 0.4) is 0 Å². The number of aromatic nitrogens is 2. The maximum atomic E-state index is 12.0. The molecule has 6 heteroatoms. The summed E-state index contributed by atoms with van der Waals surface area (Å²) in [7, 11) is -1.18. The number of fused-ring (bicyclic) bond motifs is 2. The lowest BCUT2D eigenvalue weighted by atomic mass is 10.0. The van der Waals surface area contributed by atoms with Crippen molar-refractivity contribution in [3.63, 3.8) is 0 Å². The van der Waals surface area contributed by atoms with E-state index in [9.17, 15) is 4.21 Å². The SMILES string of the molecule is CS(=O)c1nc(-c2ccc3c(c2)CCO3)c(-c2ccc3c(c2)CCO3)[nH]1. The summed E-state index contributed by atoms with van der Waals surface area (Å²) in [5.74, 6) is 1.89. The molecule has 0 bridgehead atoms. The van der Waals surface area contributed by atoms with Gasteiger partial charge in [0.1, 0.15) is 11.5 Å². The number of benzene rings is 2. The maximum Gasteiger partial charge on any atom is 0.197 e. The van der Waals surface area contributed by atoms with Gasteiger partial charge in [-0.05, 0) is 47.5 Å². The molecule has 1 aromatic heterocycles. The van der Waals surface area contributed by atoms with Crippen molar-refractivity contribution in [3.05, 3.63) is 47.5 Å². The summed E-state index contributed by atoms with van der Waals surface area (Å²) in [6.07, 6.45) is 3.46. The van der Waals surface area contributed by atoms with Gasteiger partial charge in [-0.3, -0.25) is 4.21 Å². The van der Waals surface area contributed by atoms with Gasteiger partial charge < -0.3 is 14.5 Å². The number of nitrogens with one attached hydrogen (secondary N) is 1. The number of nitrogens with zero attached hydrogens (tertiary/aromatic N) is 1. The lowest BCUT2D eigenvalue weighted by Crippen LogP contribution is -1.89. The normalized spacial score (nSPS) is 15.9. The largest absolute Gasteiger partial charge is 0.493 e. The third-order valence-corrected chi connectivity index (χ3v) is 5.63. The third-order valence-electron chi connectivity index (χ3n) is 4.90. The Bertz CT molecular complexity index is 967. The molecule has 132 valence electrons. The van der Waals surface area contributed by atoms with Crippen LogP contribution in [0.2, 0.25) is 0 Å². The Morgan fingerprint density at radius 2 is 1.58 bits per heavy atom. The average molecular weight is 366 g/mol. The molecule has 0 spiro atoms. The molecule has 2 aliphatic heterocycles. The van der Waals surface area contributed by atoms with Crippen LogP contribution in [0.25, 0.3) is 22.5 Å². The molecule has 0 fully saturated rings. The molecular weight excluding hydrogens is 348 g/mol. The van der Waals surface area contributed by atoms with Crippen molar-refractivity contribution in [3.8, 4) is 34.0 Å². The molecule has 0 amide bonds. The molecule has 0 radical (unpaired) electrons. The molecule has 3 heterocycles. The Labute approximate surface area is 153 Å². The molecular formula is C20H18N2O3S. The predicted molar refractivity (Wildman–Crippen MR) is 100 cm³/mol. The topological polar surface area (TPSA) is 64.2 Å². The summed E-state index contributed by atoms with van der Waals surface area (Å²) in [5.41, 5.74) is 6.15. The van der Waals surface area contributed by atoms with Gasteiger partial charge in [0.05, 0.1) is 35.4 Å². The van der Waals surface area contributed by atoms with Crippen LogP contribution < -0.4 is 9.47 Å². The van der Waals surface area contributed by atoms with E-state index in [2.05, 4.69) is 22.1 Å². The van der Waals surface area contributed by atoms with Crippen LogP contribution >= 0.6 is 0 Å². The van der Waals surface area contributed by atoms with Crippen molar-refractivity contribution in [2.24, 2.45) is 0 Å². The first-order valence-electron chi connectivity index (χ1n) is 8.65. The summed E-state index contributed by atoms with van der Waals surface area (Å²) >= 11 is 0. The number of ether oxygens (including phenoxy) is 2. The Balaban J connectivity index is 1.66. The zero-order chi connectivity index (χ0) is 17.7. The highest BCUT2D eigenvalue weighted by molar-refractivity contribution is 7.84. The first kappa shape index (κ1) is 15.6. The van der Waals surface area contributed by atoms with E-state index in [-0.39, 0.29) is 0 Å². The van der Waals surface area contributed by atoms with Crippen LogP contribution in [-0.4, -0.2) is 33.6 Å². The van der Waals surface area contributed by atoms with Crippen LogP contribution in [0.15, 0.2) is 41.6 Å². The number of rotatable bonds is 3. The molecule has 1 unspecified atom stereocenters. The first-order valence-corrected chi connectivity index (χ1v) is 10.2. The second-order valence-electron chi connectivity index (χ2n) is 6.56. The fourth-order valence-electron chi connectivity index (χ4n) is 3.58. The first-order chi connectivity index (χ1) is 12.7. The van der Waals surface area contributed by atoms with Crippen molar-refractivity contribution in [2.75, 3.05) is 19.5 Å². The number of H-pyrrole nitrogens is 1. The Morgan fingerprint density at radius 3 is 2.23 bits per heavy atom. The average Bonchev–Trinajstić information content (AvgIpc) is 3.38. The van der Waals surface area contributed by atoms with Crippen molar-refractivity contribution in [1.29, 1.82) is 0 Å². The van der Waals surface area contributed by atoms with Gasteiger partial charge in [0.2, 0.25) is 0 Å². The molecule has 0 aliphatic carbocycles. The van der Waals surface area contributed by atoms with Gasteiger partial charge in [0, 0.05) is 30.2 Å². The minimum absolute atomic E-state index is 0.489. The van der Waals surface area contributed by atoms with E-state index in [0.717, 1.165) is 60.1 Å². The Hall–Kier alpha value is -2.60. The van der Waals surface area contributed by atoms with Crippen molar-refractivity contribution in [2.45, 2.75) is 18.0 Å². The summed E-state index contributed by atoms with van der Waals surface area (Å²) in [5, 5.41) is 0.489. The van der Waals surface area contributed by atoms with Gasteiger partial charge in [0.25, 0.3) is 0 Å². The van der Waals surface area contributed by atoms with E-state index < -0.39 is 10.8 Å². The summed E-state index contributed by atoms with van der Waals surface area (Å²) in [6.45, 7) is 1.45. The summed E-state index contributed by atoms with van der Waals surface area (Å²) in [6, 6.07) is 12.3. The molecule has 26 heavy (non-hydrogen) atoms. The fraction of sp³-hybridized carbons (Fsp3) is 0.250. The second-order valence-corrected chi connectivity index (χ2v) is 7.86. The minimum Gasteiger partial charge on any atom is -0.493 e. The van der Waals surface area contributed by atoms with Crippen molar-refractivity contribution < 1.29 is 13.7 Å². The van der Waals surface area contributed by atoms with Crippen LogP contribution in [0, 0.1) is 0 Å².